The Morgan fingerprint density at radius 2 is 1.90 bits per heavy atom. The van der Waals surface area contributed by atoms with Gasteiger partial charge in [-0.15, -0.1) is 0 Å². The highest BCUT2D eigenvalue weighted by Crippen LogP contribution is 2.35. The molecule has 0 amide bonds. The molecule has 1 fully saturated rings. The van der Waals surface area contributed by atoms with E-state index in [0.717, 1.165) is 49.8 Å². The second-order valence-corrected chi connectivity index (χ2v) is 8.16. The summed E-state index contributed by atoms with van der Waals surface area (Å²) in [7, 11) is -3.26. The lowest BCUT2D eigenvalue weighted by molar-refractivity contribution is 0.101. The van der Waals surface area contributed by atoms with E-state index in [1.165, 1.54) is 6.92 Å². The van der Waals surface area contributed by atoms with Crippen LogP contribution in [0.1, 0.15) is 54.9 Å². The predicted molar refractivity (Wildman–Crippen MR) is 83.3 cm³/mol. The lowest BCUT2D eigenvalue weighted by Crippen LogP contribution is -2.40. The lowest BCUT2D eigenvalue weighted by atomic mass is 9.99. The molecule has 114 valence electrons. The number of carbonyl (C=O) groups excluding carboxylic acids is 1. The summed E-state index contributed by atoms with van der Waals surface area (Å²) in [5.74, 6) is 0.0218. The van der Waals surface area contributed by atoms with Crippen molar-refractivity contribution in [3.05, 3.63) is 29.3 Å². The van der Waals surface area contributed by atoms with Crippen LogP contribution in [-0.2, 0) is 16.4 Å². The van der Waals surface area contributed by atoms with Gasteiger partial charge in [0.15, 0.2) is 5.78 Å². The number of fused-ring (bicyclic) bond motifs is 1. The van der Waals surface area contributed by atoms with E-state index in [2.05, 4.69) is 0 Å². The van der Waals surface area contributed by atoms with Crippen LogP contribution in [0.25, 0.3) is 0 Å². The molecule has 0 N–H and O–H groups in total. The van der Waals surface area contributed by atoms with Gasteiger partial charge in [0, 0.05) is 12.1 Å². The average Bonchev–Trinajstić information content (AvgIpc) is 3.00. The summed E-state index contributed by atoms with van der Waals surface area (Å²) in [5.41, 5.74) is 2.42. The van der Waals surface area contributed by atoms with E-state index in [-0.39, 0.29) is 11.0 Å². The Bertz CT molecular complexity index is 660. The summed E-state index contributed by atoms with van der Waals surface area (Å²) < 4.78 is 27.2. The molecule has 1 aliphatic heterocycles. The van der Waals surface area contributed by atoms with Gasteiger partial charge in [-0.1, -0.05) is 12.8 Å². The monoisotopic (exact) mass is 307 g/mol. The molecule has 0 atom stereocenters. The van der Waals surface area contributed by atoms with E-state index in [4.69, 9.17) is 0 Å². The Hall–Kier alpha value is -1.36. The molecule has 3 rings (SSSR count). The fraction of sp³-hybridized carbons (Fsp3) is 0.562. The normalized spacial score (nSPS) is 19.6. The summed E-state index contributed by atoms with van der Waals surface area (Å²) in [5, 5.41) is -0.226. The number of hydrogen-bond acceptors (Lipinski definition) is 3. The third-order valence-corrected chi connectivity index (χ3v) is 6.90. The van der Waals surface area contributed by atoms with Crippen molar-refractivity contribution in [2.24, 2.45) is 0 Å². The minimum Gasteiger partial charge on any atom is -0.295 e. The van der Waals surface area contributed by atoms with Gasteiger partial charge in [-0.2, -0.15) is 0 Å². The van der Waals surface area contributed by atoms with Gasteiger partial charge in [0.1, 0.15) is 0 Å². The van der Waals surface area contributed by atoms with Crippen LogP contribution in [-0.4, -0.2) is 26.0 Å². The van der Waals surface area contributed by atoms with Crippen molar-refractivity contribution < 1.29 is 13.2 Å². The number of nitrogens with zero attached hydrogens (tertiary/aromatic N) is 1. The molecule has 2 aliphatic rings. The van der Waals surface area contributed by atoms with Crippen molar-refractivity contribution in [3.63, 3.8) is 0 Å². The van der Waals surface area contributed by atoms with Crippen molar-refractivity contribution >= 4 is 21.5 Å². The molecule has 4 nitrogen and oxygen atoms in total. The number of benzene rings is 1. The van der Waals surface area contributed by atoms with Gasteiger partial charge in [0.25, 0.3) is 0 Å². The van der Waals surface area contributed by atoms with Crippen LogP contribution in [0.15, 0.2) is 18.2 Å². The molecule has 0 bridgehead atoms. The van der Waals surface area contributed by atoms with Gasteiger partial charge in [0.2, 0.25) is 10.0 Å². The van der Waals surface area contributed by atoms with Crippen molar-refractivity contribution in [2.45, 2.75) is 50.7 Å². The zero-order valence-corrected chi connectivity index (χ0v) is 13.2. The van der Waals surface area contributed by atoms with Crippen molar-refractivity contribution in [3.8, 4) is 0 Å². The van der Waals surface area contributed by atoms with Crippen molar-refractivity contribution in [1.29, 1.82) is 0 Å². The Morgan fingerprint density at radius 3 is 2.57 bits per heavy atom. The smallest absolute Gasteiger partial charge is 0.238 e. The van der Waals surface area contributed by atoms with Crippen LogP contribution in [0.5, 0.6) is 0 Å². The molecule has 0 spiro atoms. The van der Waals surface area contributed by atoms with E-state index >= 15 is 0 Å². The maximum Gasteiger partial charge on any atom is 0.238 e. The summed E-state index contributed by atoms with van der Waals surface area (Å²) in [6.45, 7) is 2.10. The molecule has 5 heteroatoms. The molecule has 1 saturated carbocycles. The standard InChI is InChI=1S/C16H21NO3S/c1-12(18)13-8-9-16-14(11-13)5-4-10-17(16)21(19,20)15-6-2-3-7-15/h8-9,11,15H,2-7,10H2,1H3. The molecule has 21 heavy (non-hydrogen) atoms. The number of hydrogen-bond donors (Lipinski definition) is 0. The minimum atomic E-state index is -3.26. The van der Waals surface area contributed by atoms with Gasteiger partial charge in [0.05, 0.1) is 10.9 Å². The van der Waals surface area contributed by atoms with Crippen LogP contribution in [0.2, 0.25) is 0 Å². The average molecular weight is 307 g/mol. The fourth-order valence-corrected chi connectivity index (χ4v) is 5.54. The number of Topliss-reactive ketones (excluding diaryl/α,β-unsaturated/α-hetero) is 1. The van der Waals surface area contributed by atoms with E-state index in [1.54, 1.807) is 16.4 Å². The summed E-state index contributed by atoms with van der Waals surface area (Å²) in [4.78, 5) is 11.5. The van der Waals surface area contributed by atoms with Gasteiger partial charge < -0.3 is 0 Å². The maximum atomic E-state index is 12.8. The first-order valence-corrected chi connectivity index (χ1v) is 9.16. The van der Waals surface area contributed by atoms with Crippen LogP contribution in [0.4, 0.5) is 5.69 Å². The highest BCUT2D eigenvalue weighted by Gasteiger charge is 2.36. The van der Waals surface area contributed by atoms with Crippen LogP contribution < -0.4 is 4.31 Å². The molecule has 1 aromatic carbocycles. The van der Waals surface area contributed by atoms with E-state index in [1.807, 2.05) is 6.07 Å². The van der Waals surface area contributed by atoms with Crippen LogP contribution in [0.3, 0.4) is 0 Å². The van der Waals surface area contributed by atoms with Crippen LogP contribution in [0, 0.1) is 0 Å². The number of sulfonamides is 1. The molecule has 0 radical (unpaired) electrons. The molecular weight excluding hydrogens is 286 g/mol. The van der Waals surface area contributed by atoms with Crippen molar-refractivity contribution in [2.75, 3.05) is 10.8 Å². The number of rotatable bonds is 3. The third-order valence-electron chi connectivity index (χ3n) is 4.59. The van der Waals surface area contributed by atoms with Gasteiger partial charge >= 0.3 is 0 Å². The zero-order chi connectivity index (χ0) is 15.0. The van der Waals surface area contributed by atoms with Crippen molar-refractivity contribution in [1.82, 2.24) is 0 Å². The first kappa shape index (κ1) is 14.6. The fourth-order valence-electron chi connectivity index (χ4n) is 3.41. The van der Waals surface area contributed by atoms with E-state index in [9.17, 15) is 13.2 Å². The topological polar surface area (TPSA) is 54.5 Å². The molecule has 0 unspecified atom stereocenters. The third kappa shape index (κ3) is 2.59. The Morgan fingerprint density at radius 1 is 1.19 bits per heavy atom. The number of anilines is 1. The number of ketones is 1. The van der Waals surface area contributed by atoms with E-state index in [0.29, 0.717) is 12.1 Å². The quantitative estimate of drug-likeness (QED) is 0.807. The van der Waals surface area contributed by atoms with Gasteiger partial charge in [-0.05, 0) is 56.4 Å². The SMILES string of the molecule is CC(=O)c1ccc2c(c1)CCCN2S(=O)(=O)C1CCCC1. The molecule has 1 aromatic rings. The summed E-state index contributed by atoms with van der Waals surface area (Å²) in [6, 6.07) is 5.40. The molecule has 1 heterocycles. The van der Waals surface area contributed by atoms with Gasteiger partial charge in [-0.25, -0.2) is 8.42 Å². The summed E-state index contributed by atoms with van der Waals surface area (Å²) in [6.07, 6.45) is 5.23. The Kier molecular flexibility index (Phi) is 3.78. The molecule has 0 aromatic heterocycles. The largest absolute Gasteiger partial charge is 0.295 e. The molecular formula is C16H21NO3S. The Balaban J connectivity index is 1.98. The summed E-state index contributed by atoms with van der Waals surface area (Å²) >= 11 is 0. The zero-order valence-electron chi connectivity index (χ0n) is 12.3. The minimum absolute atomic E-state index is 0.0218. The predicted octanol–water partition coefficient (Wildman–Crippen LogP) is 2.91. The second-order valence-electron chi connectivity index (χ2n) is 6.03. The Labute approximate surface area is 126 Å². The lowest BCUT2D eigenvalue weighted by Gasteiger charge is -2.32. The van der Waals surface area contributed by atoms with Crippen LogP contribution >= 0.6 is 0 Å². The second kappa shape index (κ2) is 5.44. The highest BCUT2D eigenvalue weighted by atomic mass is 32.2. The first-order chi connectivity index (χ1) is 10.00. The van der Waals surface area contributed by atoms with E-state index < -0.39 is 10.0 Å². The van der Waals surface area contributed by atoms with Gasteiger partial charge in [-0.3, -0.25) is 9.10 Å². The molecule has 0 saturated heterocycles. The molecule has 1 aliphatic carbocycles. The maximum absolute atomic E-state index is 12.8. The number of aryl methyl sites for hydroxylation is 1. The highest BCUT2D eigenvalue weighted by molar-refractivity contribution is 7.93. The first-order valence-electron chi connectivity index (χ1n) is 7.65. The number of carbonyl (C=O) groups is 1.